The number of halogens is 3. The summed E-state index contributed by atoms with van der Waals surface area (Å²) in [4.78, 5) is 21.0. The van der Waals surface area contributed by atoms with Gasteiger partial charge in [0.15, 0.2) is 0 Å². The molecule has 1 spiro atoms. The van der Waals surface area contributed by atoms with Gasteiger partial charge in [-0.1, -0.05) is 6.07 Å². The maximum absolute atomic E-state index is 14.0. The van der Waals surface area contributed by atoms with Crippen LogP contribution in [0.5, 0.6) is 0 Å². The normalized spacial score (nSPS) is 17.6. The summed E-state index contributed by atoms with van der Waals surface area (Å²) >= 11 is 3.24. The molecule has 3 heterocycles. The van der Waals surface area contributed by atoms with Crippen LogP contribution in [0.3, 0.4) is 0 Å². The van der Waals surface area contributed by atoms with Gasteiger partial charge in [0.1, 0.15) is 17.0 Å². The molecule has 27 heavy (non-hydrogen) atoms. The largest absolute Gasteiger partial charge is 0.368 e. The number of fused-ring (bicyclic) bond motifs is 4. The number of amides is 1. The highest BCUT2D eigenvalue weighted by Crippen LogP contribution is 2.50. The molecule has 1 aromatic heterocycles. The first-order chi connectivity index (χ1) is 12.9. The van der Waals surface area contributed by atoms with Gasteiger partial charge in [-0.3, -0.25) is 9.78 Å². The molecule has 0 bridgehead atoms. The summed E-state index contributed by atoms with van der Waals surface area (Å²) in [5.41, 5.74) is 2.14. The number of carbonyl (C=O) groups is 1. The van der Waals surface area contributed by atoms with Crippen LogP contribution in [0.2, 0.25) is 0 Å². The molecule has 2 aromatic carbocycles. The summed E-state index contributed by atoms with van der Waals surface area (Å²) in [5.74, 6) is -0.714. The highest BCUT2D eigenvalue weighted by molar-refractivity contribution is 9.10. The number of hydrogen-bond donors (Lipinski definition) is 0. The Labute approximate surface area is 162 Å². The van der Waals surface area contributed by atoms with Crippen molar-refractivity contribution in [2.24, 2.45) is 0 Å². The first kappa shape index (κ1) is 16.6. The number of hydrogen-bond acceptors (Lipinski definition) is 3. The third-order valence-electron chi connectivity index (χ3n) is 5.54. The van der Waals surface area contributed by atoms with Gasteiger partial charge in [-0.05, 0) is 40.2 Å². The Morgan fingerprint density at radius 3 is 2.70 bits per heavy atom. The summed E-state index contributed by atoms with van der Waals surface area (Å²) in [5, 5.41) is 0.761. The Morgan fingerprint density at radius 2 is 1.96 bits per heavy atom. The average Bonchev–Trinajstić information content (AvgIpc) is 2.83. The van der Waals surface area contributed by atoms with Crippen LogP contribution in [0.1, 0.15) is 5.56 Å². The number of carbonyl (C=O) groups excluding carboxylic acids is 1. The Bertz CT molecular complexity index is 1130. The third kappa shape index (κ3) is 2.18. The van der Waals surface area contributed by atoms with Crippen molar-refractivity contribution in [1.29, 1.82) is 0 Å². The maximum atomic E-state index is 14.0. The van der Waals surface area contributed by atoms with E-state index >= 15 is 0 Å². The van der Waals surface area contributed by atoms with Crippen molar-refractivity contribution < 1.29 is 13.6 Å². The van der Waals surface area contributed by atoms with E-state index in [2.05, 4.69) is 20.9 Å². The van der Waals surface area contributed by atoms with E-state index in [1.165, 1.54) is 18.2 Å². The van der Waals surface area contributed by atoms with Gasteiger partial charge in [-0.25, -0.2) is 8.78 Å². The Hall–Kier alpha value is -2.54. The quantitative estimate of drug-likeness (QED) is 0.586. The second-order valence-electron chi connectivity index (χ2n) is 7.08. The number of pyridine rings is 1. The van der Waals surface area contributed by atoms with Gasteiger partial charge in [-0.2, -0.15) is 0 Å². The van der Waals surface area contributed by atoms with E-state index < -0.39 is 11.2 Å². The lowest BCUT2D eigenvalue weighted by Crippen LogP contribution is -2.64. The van der Waals surface area contributed by atoms with Crippen molar-refractivity contribution in [1.82, 2.24) is 4.98 Å². The van der Waals surface area contributed by atoms with Crippen molar-refractivity contribution in [3.8, 4) is 0 Å². The van der Waals surface area contributed by atoms with Gasteiger partial charge in [0, 0.05) is 42.8 Å². The van der Waals surface area contributed by atoms with Crippen LogP contribution in [-0.4, -0.2) is 31.0 Å². The molecular formula is C20H14BrF2N3O. The predicted molar refractivity (Wildman–Crippen MR) is 103 cm³/mol. The molecule has 0 atom stereocenters. The first-order valence-corrected chi connectivity index (χ1v) is 9.27. The minimum atomic E-state index is -0.727. The minimum absolute atomic E-state index is 0.0140. The Morgan fingerprint density at radius 1 is 1.19 bits per heavy atom. The van der Waals surface area contributed by atoms with Crippen LogP contribution in [0.4, 0.5) is 20.2 Å². The number of anilines is 2. The predicted octanol–water partition coefficient (Wildman–Crippen LogP) is 4.01. The van der Waals surface area contributed by atoms with Crippen molar-refractivity contribution in [3.05, 3.63) is 64.3 Å². The zero-order chi connectivity index (χ0) is 18.9. The van der Waals surface area contributed by atoms with Gasteiger partial charge in [0.05, 0.1) is 21.9 Å². The molecule has 1 fully saturated rings. The van der Waals surface area contributed by atoms with Gasteiger partial charge >= 0.3 is 0 Å². The molecule has 0 saturated carbocycles. The van der Waals surface area contributed by atoms with E-state index in [1.807, 2.05) is 11.0 Å². The highest BCUT2D eigenvalue weighted by atomic mass is 79.9. The summed E-state index contributed by atoms with van der Waals surface area (Å²) in [7, 11) is 1.73. The molecule has 2 aliphatic heterocycles. The number of benzene rings is 2. The van der Waals surface area contributed by atoms with E-state index in [0.717, 1.165) is 22.3 Å². The zero-order valence-corrected chi connectivity index (χ0v) is 15.9. The fourth-order valence-electron chi connectivity index (χ4n) is 4.23. The summed E-state index contributed by atoms with van der Waals surface area (Å²) in [6, 6.07) is 9.42. The third-order valence-corrected chi connectivity index (χ3v) is 6.15. The van der Waals surface area contributed by atoms with Crippen molar-refractivity contribution >= 4 is 44.1 Å². The summed E-state index contributed by atoms with van der Waals surface area (Å²) in [6.45, 7) is 0.890. The second kappa shape index (κ2) is 5.48. The van der Waals surface area contributed by atoms with Crippen LogP contribution in [-0.2, 0) is 10.2 Å². The molecule has 136 valence electrons. The fraction of sp³-hybridized carbons (Fsp3) is 0.200. The minimum Gasteiger partial charge on any atom is -0.368 e. The van der Waals surface area contributed by atoms with Gasteiger partial charge < -0.3 is 9.80 Å². The van der Waals surface area contributed by atoms with Crippen molar-refractivity contribution in [2.45, 2.75) is 5.41 Å². The maximum Gasteiger partial charge on any atom is 0.241 e. The molecule has 0 radical (unpaired) electrons. The molecule has 2 aliphatic rings. The molecule has 0 N–H and O–H groups in total. The van der Waals surface area contributed by atoms with Crippen LogP contribution < -0.4 is 9.80 Å². The standard InChI is InChI=1S/C20H14BrF2N3O/c1-25-17-8-24-16-7-15(23)14(21)6-13(16)18(17)20(19(25)27)9-26(10-20)12-4-2-3-11(22)5-12/h2-8H,9-10H2,1H3. The van der Waals surface area contributed by atoms with E-state index in [4.69, 9.17) is 0 Å². The van der Waals surface area contributed by atoms with E-state index in [9.17, 15) is 13.6 Å². The monoisotopic (exact) mass is 429 g/mol. The van der Waals surface area contributed by atoms with Crippen LogP contribution in [0.15, 0.2) is 47.1 Å². The lowest BCUT2D eigenvalue weighted by molar-refractivity contribution is -0.123. The summed E-state index contributed by atoms with van der Waals surface area (Å²) in [6.07, 6.45) is 1.63. The van der Waals surface area contributed by atoms with Crippen LogP contribution >= 0.6 is 15.9 Å². The lowest BCUT2D eigenvalue weighted by atomic mass is 9.73. The first-order valence-electron chi connectivity index (χ1n) is 8.48. The molecular weight excluding hydrogens is 416 g/mol. The molecule has 5 rings (SSSR count). The Kier molecular flexibility index (Phi) is 3.37. The molecule has 1 saturated heterocycles. The smallest absolute Gasteiger partial charge is 0.241 e. The lowest BCUT2D eigenvalue weighted by Gasteiger charge is -2.48. The molecule has 0 unspecified atom stereocenters. The van der Waals surface area contributed by atoms with Gasteiger partial charge in [0.2, 0.25) is 5.91 Å². The number of rotatable bonds is 1. The van der Waals surface area contributed by atoms with Crippen molar-refractivity contribution in [3.63, 3.8) is 0 Å². The van der Waals surface area contributed by atoms with Crippen LogP contribution in [0.25, 0.3) is 10.9 Å². The van der Waals surface area contributed by atoms with Crippen LogP contribution in [0, 0.1) is 11.6 Å². The highest BCUT2D eigenvalue weighted by Gasteiger charge is 2.58. The van der Waals surface area contributed by atoms with Gasteiger partial charge in [-0.15, -0.1) is 0 Å². The topological polar surface area (TPSA) is 36.4 Å². The Balaban J connectivity index is 1.65. The molecule has 1 amide bonds. The van der Waals surface area contributed by atoms with E-state index in [-0.39, 0.29) is 11.7 Å². The van der Waals surface area contributed by atoms with Gasteiger partial charge in [0.25, 0.3) is 0 Å². The average molecular weight is 430 g/mol. The summed E-state index contributed by atoms with van der Waals surface area (Å²) < 4.78 is 27.9. The van der Waals surface area contributed by atoms with Crippen molar-refractivity contribution in [2.75, 3.05) is 29.9 Å². The van der Waals surface area contributed by atoms with E-state index in [1.54, 1.807) is 30.3 Å². The zero-order valence-electron chi connectivity index (χ0n) is 14.3. The molecule has 3 aromatic rings. The number of nitrogens with zero attached hydrogens (tertiary/aromatic N) is 3. The fourth-order valence-corrected chi connectivity index (χ4v) is 4.57. The molecule has 7 heteroatoms. The van der Waals surface area contributed by atoms with E-state index in [0.29, 0.717) is 23.1 Å². The SMILES string of the molecule is CN1C(=O)C2(CN(c3cccc(F)c3)C2)c2c1cnc1cc(F)c(Br)cc21. The molecule has 0 aliphatic carbocycles. The molecule has 4 nitrogen and oxygen atoms in total. The second-order valence-corrected chi connectivity index (χ2v) is 7.94. The number of likely N-dealkylation sites (N-methyl/N-ethyl adjacent to an activating group) is 1. The number of aromatic nitrogens is 1.